The molecule has 4 nitrogen and oxygen atoms in total. The van der Waals surface area contributed by atoms with Gasteiger partial charge in [-0.05, 0) is 25.7 Å². The monoisotopic (exact) mass is 197 g/mol. The Balaban J connectivity index is 2.20. The maximum absolute atomic E-state index is 10.6. The predicted molar refractivity (Wildman–Crippen MR) is 52.0 cm³/mol. The number of rotatable bonds is 1. The number of hydrogen-bond acceptors (Lipinski definition) is 3. The van der Waals surface area contributed by atoms with E-state index in [1.165, 1.54) is 17.7 Å². The third-order valence-corrected chi connectivity index (χ3v) is 3.15. The molecule has 0 saturated heterocycles. The van der Waals surface area contributed by atoms with Crippen LogP contribution in [0.1, 0.15) is 23.4 Å². The normalized spacial score (nSPS) is 15.1. The van der Waals surface area contributed by atoms with Crippen LogP contribution in [0, 0.1) is 0 Å². The van der Waals surface area contributed by atoms with Crippen LogP contribution in [0.3, 0.4) is 0 Å². The lowest BCUT2D eigenvalue weighted by Crippen LogP contribution is -2.19. The molecule has 0 bridgehead atoms. The molecule has 0 fully saturated rings. The minimum atomic E-state index is -0.536. The molecule has 0 atom stereocenters. The second-order valence-corrected chi connectivity index (χ2v) is 4.17. The Morgan fingerprint density at radius 3 is 2.92 bits per heavy atom. The van der Waals surface area contributed by atoms with Crippen molar-refractivity contribution in [2.75, 3.05) is 5.32 Å². The van der Waals surface area contributed by atoms with Crippen LogP contribution >= 0.6 is 11.3 Å². The molecule has 0 unspecified atom stereocenters. The summed E-state index contributed by atoms with van der Waals surface area (Å²) in [5, 5.41) is 3.15. The van der Waals surface area contributed by atoms with E-state index < -0.39 is 6.03 Å². The van der Waals surface area contributed by atoms with Crippen molar-refractivity contribution < 1.29 is 4.79 Å². The predicted octanol–water partition coefficient (Wildman–Crippen LogP) is 1.51. The van der Waals surface area contributed by atoms with Gasteiger partial charge >= 0.3 is 6.03 Å². The maximum atomic E-state index is 10.6. The molecule has 1 heterocycles. The standard InChI is InChI=1S/C8H11N3OS/c9-7(12)11-8-10-5-3-1-2-4-6(5)13-8/h1-4H2,(H3,9,10,11,12). The number of anilines is 1. The second-order valence-electron chi connectivity index (χ2n) is 3.09. The molecule has 1 aromatic heterocycles. The highest BCUT2D eigenvalue weighted by molar-refractivity contribution is 7.15. The molecule has 1 aromatic rings. The number of hydrogen-bond donors (Lipinski definition) is 2. The largest absolute Gasteiger partial charge is 0.351 e. The highest BCUT2D eigenvalue weighted by Crippen LogP contribution is 2.29. The van der Waals surface area contributed by atoms with Gasteiger partial charge in [-0.3, -0.25) is 5.32 Å². The van der Waals surface area contributed by atoms with Gasteiger partial charge in [0, 0.05) is 4.88 Å². The summed E-state index contributed by atoms with van der Waals surface area (Å²) >= 11 is 1.54. The van der Waals surface area contributed by atoms with Crippen LogP contribution < -0.4 is 11.1 Å². The van der Waals surface area contributed by atoms with Gasteiger partial charge in [-0.15, -0.1) is 11.3 Å². The van der Waals surface area contributed by atoms with E-state index in [0.29, 0.717) is 5.13 Å². The first-order valence-corrected chi connectivity index (χ1v) is 5.12. The summed E-state index contributed by atoms with van der Waals surface area (Å²) in [5.74, 6) is 0. The van der Waals surface area contributed by atoms with Gasteiger partial charge in [-0.1, -0.05) is 0 Å². The van der Waals surface area contributed by atoms with Crippen LogP contribution in [0.15, 0.2) is 0 Å². The first-order chi connectivity index (χ1) is 6.25. The molecule has 1 aliphatic rings. The topological polar surface area (TPSA) is 68.0 Å². The molecule has 70 valence electrons. The zero-order valence-corrected chi connectivity index (χ0v) is 7.99. The molecule has 1 aliphatic carbocycles. The van der Waals surface area contributed by atoms with Gasteiger partial charge in [-0.25, -0.2) is 9.78 Å². The van der Waals surface area contributed by atoms with E-state index >= 15 is 0 Å². The minimum absolute atomic E-state index is 0.536. The number of urea groups is 1. The van der Waals surface area contributed by atoms with Crippen LogP contribution in [0.2, 0.25) is 0 Å². The minimum Gasteiger partial charge on any atom is -0.351 e. The van der Waals surface area contributed by atoms with Gasteiger partial charge in [0.15, 0.2) is 5.13 Å². The fourth-order valence-electron chi connectivity index (χ4n) is 1.51. The Morgan fingerprint density at radius 2 is 2.23 bits per heavy atom. The number of amides is 2. The Labute approximate surface area is 80.2 Å². The summed E-state index contributed by atoms with van der Waals surface area (Å²) in [6.45, 7) is 0. The molecular formula is C8H11N3OS. The number of aromatic nitrogens is 1. The number of aryl methyl sites for hydroxylation is 2. The lowest BCUT2D eigenvalue weighted by molar-refractivity contribution is 0.259. The van der Waals surface area contributed by atoms with Gasteiger partial charge in [-0.2, -0.15) is 0 Å². The van der Waals surface area contributed by atoms with Crippen molar-refractivity contribution in [3.8, 4) is 0 Å². The molecule has 2 rings (SSSR count). The first kappa shape index (κ1) is 8.50. The molecule has 0 aromatic carbocycles. The second kappa shape index (κ2) is 3.33. The number of fused-ring (bicyclic) bond motifs is 1. The molecule has 0 saturated carbocycles. The Bertz CT molecular complexity index is 311. The number of carbonyl (C=O) groups is 1. The smallest absolute Gasteiger partial charge is 0.318 e. The van der Waals surface area contributed by atoms with Crippen LogP contribution in [0.5, 0.6) is 0 Å². The third kappa shape index (κ3) is 1.80. The van der Waals surface area contributed by atoms with Crippen molar-refractivity contribution >= 4 is 22.5 Å². The average Bonchev–Trinajstić information content (AvgIpc) is 2.44. The van der Waals surface area contributed by atoms with Crippen molar-refractivity contribution in [2.45, 2.75) is 25.7 Å². The summed E-state index contributed by atoms with van der Waals surface area (Å²) in [6.07, 6.45) is 4.55. The van der Waals surface area contributed by atoms with Gasteiger partial charge in [0.2, 0.25) is 0 Å². The average molecular weight is 197 g/mol. The van der Waals surface area contributed by atoms with Crippen LogP contribution in [0.4, 0.5) is 9.93 Å². The fraction of sp³-hybridized carbons (Fsp3) is 0.500. The van der Waals surface area contributed by atoms with E-state index in [9.17, 15) is 4.79 Å². The van der Waals surface area contributed by atoms with E-state index in [0.717, 1.165) is 18.5 Å². The summed E-state index contributed by atoms with van der Waals surface area (Å²) in [4.78, 5) is 16.2. The van der Waals surface area contributed by atoms with Gasteiger partial charge < -0.3 is 5.73 Å². The summed E-state index contributed by atoms with van der Waals surface area (Å²) in [6, 6.07) is -0.536. The van der Waals surface area contributed by atoms with Crippen molar-refractivity contribution in [3.05, 3.63) is 10.6 Å². The molecule has 2 amide bonds. The number of nitrogens with two attached hydrogens (primary N) is 1. The van der Waals surface area contributed by atoms with E-state index in [-0.39, 0.29) is 0 Å². The van der Waals surface area contributed by atoms with Crippen molar-refractivity contribution in [2.24, 2.45) is 5.73 Å². The van der Waals surface area contributed by atoms with E-state index in [2.05, 4.69) is 10.3 Å². The summed E-state index contributed by atoms with van der Waals surface area (Å²) in [7, 11) is 0. The number of primary amides is 1. The first-order valence-electron chi connectivity index (χ1n) is 4.31. The molecule has 5 heteroatoms. The molecule has 0 radical (unpaired) electrons. The molecule has 3 N–H and O–H groups in total. The zero-order valence-electron chi connectivity index (χ0n) is 7.17. The van der Waals surface area contributed by atoms with Gasteiger partial charge in [0.25, 0.3) is 0 Å². The van der Waals surface area contributed by atoms with Crippen LogP contribution in [-0.4, -0.2) is 11.0 Å². The van der Waals surface area contributed by atoms with Gasteiger partial charge in [0.05, 0.1) is 5.69 Å². The summed E-state index contributed by atoms with van der Waals surface area (Å²) in [5.41, 5.74) is 6.14. The van der Waals surface area contributed by atoms with Crippen molar-refractivity contribution in [1.29, 1.82) is 0 Å². The number of nitrogens with zero attached hydrogens (tertiary/aromatic N) is 1. The van der Waals surface area contributed by atoms with E-state index in [4.69, 9.17) is 5.73 Å². The van der Waals surface area contributed by atoms with Gasteiger partial charge in [0.1, 0.15) is 0 Å². The molecule has 13 heavy (non-hydrogen) atoms. The summed E-state index contributed by atoms with van der Waals surface area (Å²) < 4.78 is 0. The maximum Gasteiger partial charge on any atom is 0.318 e. The zero-order chi connectivity index (χ0) is 9.26. The number of carbonyl (C=O) groups excluding carboxylic acids is 1. The number of thiazole rings is 1. The quantitative estimate of drug-likeness (QED) is 0.716. The van der Waals surface area contributed by atoms with E-state index in [1.54, 1.807) is 11.3 Å². The van der Waals surface area contributed by atoms with Crippen molar-refractivity contribution in [1.82, 2.24) is 4.98 Å². The Hall–Kier alpha value is -1.10. The molecular weight excluding hydrogens is 186 g/mol. The Kier molecular flexibility index (Phi) is 2.18. The van der Waals surface area contributed by atoms with E-state index in [1.807, 2.05) is 0 Å². The third-order valence-electron chi connectivity index (χ3n) is 2.08. The van der Waals surface area contributed by atoms with Crippen molar-refractivity contribution in [3.63, 3.8) is 0 Å². The highest BCUT2D eigenvalue weighted by atomic mass is 32.1. The number of nitrogens with one attached hydrogen (secondary N) is 1. The van der Waals surface area contributed by atoms with Crippen LogP contribution in [0.25, 0.3) is 0 Å². The Morgan fingerprint density at radius 1 is 1.46 bits per heavy atom. The lowest BCUT2D eigenvalue weighted by Gasteiger charge is -2.06. The van der Waals surface area contributed by atoms with Crippen LogP contribution in [-0.2, 0) is 12.8 Å². The lowest BCUT2D eigenvalue weighted by atomic mass is 10.0. The SMILES string of the molecule is NC(=O)Nc1nc2c(s1)CCCC2. The molecule has 0 aliphatic heterocycles. The molecule has 0 spiro atoms. The highest BCUT2D eigenvalue weighted by Gasteiger charge is 2.15. The fourth-order valence-corrected chi connectivity index (χ4v) is 2.56.